The lowest BCUT2D eigenvalue weighted by molar-refractivity contribution is -0.144. The van der Waals surface area contributed by atoms with Crippen LogP contribution >= 0.6 is 0 Å². The highest BCUT2D eigenvalue weighted by molar-refractivity contribution is 5.96. The number of rotatable bonds is 2. The van der Waals surface area contributed by atoms with E-state index in [-0.39, 0.29) is 23.5 Å². The van der Waals surface area contributed by atoms with E-state index >= 15 is 0 Å². The summed E-state index contributed by atoms with van der Waals surface area (Å²) >= 11 is 0. The number of hydrogen-bond donors (Lipinski definition) is 1. The van der Waals surface area contributed by atoms with Crippen molar-refractivity contribution in [2.45, 2.75) is 13.3 Å². The molecule has 102 valence electrons. The van der Waals surface area contributed by atoms with E-state index in [1.807, 2.05) is 0 Å². The highest BCUT2D eigenvalue weighted by Crippen LogP contribution is 2.24. The molecular formula is C14H17NO4. The molecule has 1 amide bonds. The van der Waals surface area contributed by atoms with E-state index in [1.54, 1.807) is 30.0 Å². The van der Waals surface area contributed by atoms with Gasteiger partial charge in [0.05, 0.1) is 13.0 Å². The van der Waals surface area contributed by atoms with Gasteiger partial charge in [0.25, 0.3) is 5.91 Å². The Labute approximate surface area is 111 Å². The molecule has 1 saturated heterocycles. The Balaban J connectivity index is 2.14. The van der Waals surface area contributed by atoms with Crippen molar-refractivity contribution in [2.24, 2.45) is 5.92 Å². The van der Waals surface area contributed by atoms with Crippen molar-refractivity contribution in [3.63, 3.8) is 0 Å². The van der Waals surface area contributed by atoms with Crippen LogP contribution in [0.2, 0.25) is 0 Å². The maximum atomic E-state index is 12.3. The van der Waals surface area contributed by atoms with E-state index < -0.39 is 0 Å². The number of esters is 1. The Morgan fingerprint density at radius 1 is 1.42 bits per heavy atom. The fourth-order valence-electron chi connectivity index (χ4n) is 2.33. The second-order valence-electron chi connectivity index (χ2n) is 4.71. The van der Waals surface area contributed by atoms with Crippen molar-refractivity contribution < 1.29 is 19.4 Å². The summed E-state index contributed by atoms with van der Waals surface area (Å²) in [6.45, 7) is 2.62. The third kappa shape index (κ3) is 2.54. The molecule has 1 heterocycles. The SMILES string of the molecule is COC(=O)C1CCN(C(=O)c2cccc(O)c2C)C1. The predicted octanol–water partition coefficient (Wildman–Crippen LogP) is 1.34. The number of benzene rings is 1. The molecule has 1 atom stereocenters. The number of methoxy groups -OCH3 is 1. The van der Waals surface area contributed by atoms with Crippen LogP contribution in [0.1, 0.15) is 22.3 Å². The lowest BCUT2D eigenvalue weighted by Gasteiger charge is -2.17. The van der Waals surface area contributed by atoms with E-state index in [9.17, 15) is 14.7 Å². The van der Waals surface area contributed by atoms with Gasteiger partial charge >= 0.3 is 5.97 Å². The predicted molar refractivity (Wildman–Crippen MR) is 68.9 cm³/mol. The Bertz CT molecular complexity index is 512. The van der Waals surface area contributed by atoms with E-state index in [1.165, 1.54) is 7.11 Å². The number of ether oxygens (including phenoxy) is 1. The van der Waals surface area contributed by atoms with Gasteiger partial charge in [-0.3, -0.25) is 9.59 Å². The fraction of sp³-hybridized carbons (Fsp3) is 0.429. The van der Waals surface area contributed by atoms with Crippen LogP contribution in [0.5, 0.6) is 5.75 Å². The van der Waals surface area contributed by atoms with Crippen molar-refractivity contribution >= 4 is 11.9 Å². The van der Waals surface area contributed by atoms with Crippen LogP contribution in [0.25, 0.3) is 0 Å². The number of likely N-dealkylation sites (tertiary alicyclic amines) is 1. The van der Waals surface area contributed by atoms with Crippen LogP contribution in [-0.2, 0) is 9.53 Å². The summed E-state index contributed by atoms with van der Waals surface area (Å²) in [7, 11) is 1.35. The number of amides is 1. The third-order valence-corrected chi connectivity index (χ3v) is 3.55. The van der Waals surface area contributed by atoms with Gasteiger partial charge in [0, 0.05) is 24.2 Å². The summed E-state index contributed by atoms with van der Waals surface area (Å²) in [4.78, 5) is 25.4. The first-order valence-corrected chi connectivity index (χ1v) is 6.20. The van der Waals surface area contributed by atoms with Gasteiger partial charge in [0.2, 0.25) is 0 Å². The Kier molecular flexibility index (Phi) is 3.74. The highest BCUT2D eigenvalue weighted by Gasteiger charge is 2.32. The van der Waals surface area contributed by atoms with Gasteiger partial charge in [-0.15, -0.1) is 0 Å². The van der Waals surface area contributed by atoms with Crippen LogP contribution in [0.15, 0.2) is 18.2 Å². The van der Waals surface area contributed by atoms with Gasteiger partial charge in [-0.25, -0.2) is 0 Å². The molecule has 0 saturated carbocycles. The molecule has 0 radical (unpaired) electrons. The molecule has 1 aromatic carbocycles. The normalized spacial score (nSPS) is 18.4. The molecule has 1 aromatic rings. The summed E-state index contributed by atoms with van der Waals surface area (Å²) in [5, 5.41) is 9.63. The quantitative estimate of drug-likeness (QED) is 0.818. The van der Waals surface area contributed by atoms with Crippen molar-refractivity contribution in [1.82, 2.24) is 4.90 Å². The molecule has 2 rings (SSSR count). The highest BCUT2D eigenvalue weighted by atomic mass is 16.5. The summed E-state index contributed by atoms with van der Waals surface area (Å²) in [6, 6.07) is 4.87. The zero-order valence-corrected chi connectivity index (χ0v) is 11.0. The first-order chi connectivity index (χ1) is 9.04. The molecule has 0 spiro atoms. The number of hydrogen-bond acceptors (Lipinski definition) is 4. The Hall–Kier alpha value is -2.04. The number of carbonyl (C=O) groups is 2. The molecule has 5 heteroatoms. The average Bonchev–Trinajstić information content (AvgIpc) is 2.90. The number of phenolic OH excluding ortho intramolecular Hbond substituents is 1. The standard InChI is InChI=1S/C14H17NO4/c1-9-11(4-3-5-12(9)16)13(17)15-7-6-10(8-15)14(18)19-2/h3-5,10,16H,6-8H2,1-2H3. The van der Waals surface area contributed by atoms with Gasteiger partial charge in [0.15, 0.2) is 0 Å². The van der Waals surface area contributed by atoms with Gasteiger partial charge < -0.3 is 14.7 Å². The smallest absolute Gasteiger partial charge is 0.310 e. The van der Waals surface area contributed by atoms with Crippen molar-refractivity contribution in [2.75, 3.05) is 20.2 Å². The van der Waals surface area contributed by atoms with Crippen LogP contribution in [0.4, 0.5) is 0 Å². The topological polar surface area (TPSA) is 66.8 Å². The van der Waals surface area contributed by atoms with Gasteiger partial charge in [-0.1, -0.05) is 6.07 Å². The maximum Gasteiger partial charge on any atom is 0.310 e. The van der Waals surface area contributed by atoms with E-state index in [0.29, 0.717) is 30.6 Å². The first kappa shape index (κ1) is 13.4. The third-order valence-electron chi connectivity index (χ3n) is 3.55. The Morgan fingerprint density at radius 3 is 2.84 bits per heavy atom. The largest absolute Gasteiger partial charge is 0.508 e. The van der Waals surface area contributed by atoms with Gasteiger partial charge in [-0.05, 0) is 25.5 Å². The molecule has 1 aliphatic rings. The van der Waals surface area contributed by atoms with Gasteiger partial charge in [0.1, 0.15) is 5.75 Å². The van der Waals surface area contributed by atoms with Crippen LogP contribution < -0.4 is 0 Å². The summed E-state index contributed by atoms with van der Waals surface area (Å²) in [5.41, 5.74) is 1.04. The van der Waals surface area contributed by atoms with E-state index in [0.717, 1.165) is 0 Å². The molecule has 5 nitrogen and oxygen atoms in total. The maximum absolute atomic E-state index is 12.3. The zero-order valence-electron chi connectivity index (χ0n) is 11.0. The number of nitrogens with zero attached hydrogens (tertiary/aromatic N) is 1. The van der Waals surface area contributed by atoms with Gasteiger partial charge in [-0.2, -0.15) is 0 Å². The number of phenols is 1. The van der Waals surface area contributed by atoms with Crippen molar-refractivity contribution in [3.8, 4) is 5.75 Å². The van der Waals surface area contributed by atoms with Crippen molar-refractivity contribution in [3.05, 3.63) is 29.3 Å². The van der Waals surface area contributed by atoms with Crippen LogP contribution in [0.3, 0.4) is 0 Å². The molecule has 1 fully saturated rings. The molecular weight excluding hydrogens is 246 g/mol. The lowest BCUT2D eigenvalue weighted by atomic mass is 10.1. The van der Waals surface area contributed by atoms with Crippen LogP contribution in [0, 0.1) is 12.8 Å². The molecule has 0 bridgehead atoms. The summed E-state index contributed by atoms with van der Waals surface area (Å²) in [6.07, 6.45) is 0.621. The van der Waals surface area contributed by atoms with Crippen molar-refractivity contribution in [1.29, 1.82) is 0 Å². The van der Waals surface area contributed by atoms with E-state index in [2.05, 4.69) is 0 Å². The summed E-state index contributed by atoms with van der Waals surface area (Å²) in [5.74, 6) is -0.566. The van der Waals surface area contributed by atoms with Crippen LogP contribution in [-0.4, -0.2) is 42.1 Å². The monoisotopic (exact) mass is 263 g/mol. The molecule has 0 aromatic heterocycles. The molecule has 1 unspecified atom stereocenters. The minimum atomic E-state index is -0.275. The minimum absolute atomic E-state index is 0.106. The minimum Gasteiger partial charge on any atom is -0.508 e. The molecule has 1 N–H and O–H groups in total. The fourth-order valence-corrected chi connectivity index (χ4v) is 2.33. The van der Waals surface area contributed by atoms with E-state index in [4.69, 9.17) is 4.74 Å². The zero-order chi connectivity index (χ0) is 14.0. The summed E-state index contributed by atoms with van der Waals surface area (Å²) < 4.78 is 4.69. The lowest BCUT2D eigenvalue weighted by Crippen LogP contribution is -2.30. The second-order valence-corrected chi connectivity index (χ2v) is 4.71. The Morgan fingerprint density at radius 2 is 2.16 bits per heavy atom. The number of carbonyl (C=O) groups excluding carboxylic acids is 2. The molecule has 0 aliphatic carbocycles. The molecule has 19 heavy (non-hydrogen) atoms. The first-order valence-electron chi connectivity index (χ1n) is 6.20. The number of aromatic hydroxyl groups is 1. The average molecular weight is 263 g/mol. The second kappa shape index (κ2) is 5.30. The molecule has 1 aliphatic heterocycles.